The minimum Gasteiger partial charge on any atom is -0.496 e. The van der Waals surface area contributed by atoms with Crippen molar-refractivity contribution in [2.45, 2.75) is 19.3 Å². The number of likely N-dealkylation sites (tertiary alicyclic amines) is 1. The fourth-order valence-electron chi connectivity index (χ4n) is 4.33. The van der Waals surface area contributed by atoms with E-state index in [1.807, 2.05) is 17.0 Å². The highest BCUT2D eigenvalue weighted by atomic mass is 127. The third-order valence-electron chi connectivity index (χ3n) is 6.18. The van der Waals surface area contributed by atoms with Crippen LogP contribution in [0, 0.1) is 0 Å². The lowest BCUT2D eigenvalue weighted by Gasteiger charge is -2.36. The van der Waals surface area contributed by atoms with Crippen molar-refractivity contribution in [2.24, 2.45) is 4.99 Å². The Bertz CT molecular complexity index is 768. The van der Waals surface area contributed by atoms with Gasteiger partial charge in [0.1, 0.15) is 17.2 Å². The topological polar surface area (TPSA) is 78.9 Å². The molecule has 0 unspecified atom stereocenters. The number of hydrogen-bond donors (Lipinski definition) is 1. The average molecular weight is 575 g/mol. The molecule has 1 aromatic rings. The number of nitrogens with one attached hydrogen (secondary N) is 1. The molecule has 186 valence electrons. The maximum atomic E-state index is 12.4. The third-order valence-corrected chi connectivity index (χ3v) is 6.18. The van der Waals surface area contributed by atoms with E-state index in [9.17, 15) is 4.79 Å². The van der Waals surface area contributed by atoms with E-state index in [0.717, 1.165) is 81.6 Å². The van der Waals surface area contributed by atoms with Crippen LogP contribution in [-0.4, -0.2) is 107 Å². The quantitative estimate of drug-likeness (QED) is 0.287. The van der Waals surface area contributed by atoms with E-state index in [1.54, 1.807) is 28.4 Å². The van der Waals surface area contributed by atoms with Gasteiger partial charge in [0.15, 0.2) is 5.96 Å². The molecule has 2 saturated heterocycles. The summed E-state index contributed by atoms with van der Waals surface area (Å²) in [5.41, 5.74) is 0.990. The first-order valence-corrected chi connectivity index (χ1v) is 11.3. The van der Waals surface area contributed by atoms with E-state index >= 15 is 0 Å². The molecule has 2 aliphatic rings. The molecule has 2 heterocycles. The third kappa shape index (κ3) is 7.26. The van der Waals surface area contributed by atoms with E-state index < -0.39 is 0 Å². The van der Waals surface area contributed by atoms with Gasteiger partial charge in [-0.25, -0.2) is 0 Å². The van der Waals surface area contributed by atoms with Crippen LogP contribution < -0.4 is 19.5 Å². The second kappa shape index (κ2) is 13.7. The number of benzene rings is 1. The first kappa shape index (κ1) is 27.3. The number of aliphatic imine (C=N–C) groups is 1. The molecule has 0 bridgehead atoms. The van der Waals surface area contributed by atoms with E-state index in [4.69, 9.17) is 14.2 Å². The molecule has 33 heavy (non-hydrogen) atoms. The zero-order chi connectivity index (χ0) is 22.9. The molecule has 0 aromatic heterocycles. The van der Waals surface area contributed by atoms with Crippen molar-refractivity contribution in [3.05, 3.63) is 17.7 Å². The Kier molecular flexibility index (Phi) is 11.3. The molecule has 0 saturated carbocycles. The summed E-state index contributed by atoms with van der Waals surface area (Å²) in [6.07, 6.45) is 2.99. The molecule has 0 atom stereocenters. The molecule has 10 heteroatoms. The second-order valence-electron chi connectivity index (χ2n) is 8.09. The van der Waals surface area contributed by atoms with E-state index in [0.29, 0.717) is 18.8 Å². The molecule has 1 amide bonds. The maximum absolute atomic E-state index is 12.4. The van der Waals surface area contributed by atoms with Crippen LogP contribution in [-0.2, 0) is 11.2 Å². The van der Waals surface area contributed by atoms with Crippen LogP contribution in [0.5, 0.6) is 17.2 Å². The van der Waals surface area contributed by atoms with Gasteiger partial charge in [0.25, 0.3) is 0 Å². The number of carbonyl (C=O) groups is 1. The Labute approximate surface area is 214 Å². The van der Waals surface area contributed by atoms with Gasteiger partial charge in [-0.1, -0.05) is 0 Å². The predicted molar refractivity (Wildman–Crippen MR) is 140 cm³/mol. The minimum absolute atomic E-state index is 0. The molecular weight excluding hydrogens is 537 g/mol. The van der Waals surface area contributed by atoms with Crippen LogP contribution in [0.1, 0.15) is 18.4 Å². The second-order valence-corrected chi connectivity index (χ2v) is 8.09. The lowest BCUT2D eigenvalue weighted by atomic mass is 10.1. The molecule has 0 aliphatic carbocycles. The van der Waals surface area contributed by atoms with Gasteiger partial charge in [-0.2, -0.15) is 0 Å². The van der Waals surface area contributed by atoms with Crippen LogP contribution in [0.15, 0.2) is 17.1 Å². The summed E-state index contributed by atoms with van der Waals surface area (Å²) in [6.45, 7) is 6.47. The first-order chi connectivity index (χ1) is 15.6. The van der Waals surface area contributed by atoms with Gasteiger partial charge in [-0.15, -0.1) is 24.0 Å². The largest absolute Gasteiger partial charge is 0.496 e. The van der Waals surface area contributed by atoms with Crippen molar-refractivity contribution < 1.29 is 19.0 Å². The van der Waals surface area contributed by atoms with Gasteiger partial charge in [0.05, 0.1) is 27.9 Å². The molecule has 9 nitrogen and oxygen atoms in total. The zero-order valence-corrected chi connectivity index (χ0v) is 22.6. The lowest BCUT2D eigenvalue weighted by molar-refractivity contribution is -0.131. The summed E-state index contributed by atoms with van der Waals surface area (Å²) in [5.74, 6) is 3.33. The van der Waals surface area contributed by atoms with Crippen LogP contribution >= 0.6 is 24.0 Å². The molecule has 1 N–H and O–H groups in total. The van der Waals surface area contributed by atoms with Crippen molar-refractivity contribution >= 4 is 35.8 Å². The summed E-state index contributed by atoms with van der Waals surface area (Å²) in [5, 5.41) is 3.46. The van der Waals surface area contributed by atoms with Crippen molar-refractivity contribution in [3.8, 4) is 17.2 Å². The van der Waals surface area contributed by atoms with Gasteiger partial charge in [0, 0.05) is 70.6 Å². The maximum Gasteiger partial charge on any atom is 0.236 e. The van der Waals surface area contributed by atoms with Crippen LogP contribution in [0.2, 0.25) is 0 Å². The normalized spacial score (nSPS) is 16.9. The fourth-order valence-corrected chi connectivity index (χ4v) is 4.33. The minimum atomic E-state index is 0. The van der Waals surface area contributed by atoms with E-state index in [1.165, 1.54) is 0 Å². The number of halogens is 1. The Morgan fingerprint density at radius 1 is 0.939 bits per heavy atom. The number of carbonyl (C=O) groups excluding carboxylic acids is 1. The Balaban J connectivity index is 0.00000385. The number of methoxy groups -OCH3 is 3. The zero-order valence-electron chi connectivity index (χ0n) is 20.3. The van der Waals surface area contributed by atoms with Crippen molar-refractivity contribution in [1.29, 1.82) is 0 Å². The summed E-state index contributed by atoms with van der Waals surface area (Å²) in [7, 11) is 6.73. The van der Waals surface area contributed by atoms with Crippen LogP contribution in [0.4, 0.5) is 0 Å². The highest BCUT2D eigenvalue weighted by molar-refractivity contribution is 14.0. The molecule has 2 aliphatic heterocycles. The van der Waals surface area contributed by atoms with Gasteiger partial charge >= 0.3 is 0 Å². The standard InChI is InChI=1S/C23H37N5O4.HI/c1-24-23(25-8-7-19-20(31-3)15-18(30-2)16-21(19)32-4)28-13-11-26(12-14-28)17-22(29)27-9-5-6-10-27;/h15-16H,5-14,17H2,1-4H3,(H,24,25);1H. The number of rotatable bonds is 8. The highest BCUT2D eigenvalue weighted by Gasteiger charge is 2.24. The summed E-state index contributed by atoms with van der Waals surface area (Å²) in [4.78, 5) is 23.4. The van der Waals surface area contributed by atoms with Gasteiger partial charge in [-0.3, -0.25) is 14.7 Å². The number of guanidine groups is 1. The van der Waals surface area contributed by atoms with Crippen LogP contribution in [0.3, 0.4) is 0 Å². The van der Waals surface area contributed by atoms with Crippen molar-refractivity contribution in [2.75, 3.05) is 80.7 Å². The lowest BCUT2D eigenvalue weighted by Crippen LogP contribution is -2.54. The number of nitrogens with zero attached hydrogens (tertiary/aromatic N) is 4. The van der Waals surface area contributed by atoms with Crippen molar-refractivity contribution in [3.63, 3.8) is 0 Å². The summed E-state index contributed by atoms with van der Waals surface area (Å²) in [6, 6.07) is 3.74. The van der Waals surface area contributed by atoms with Crippen molar-refractivity contribution in [1.82, 2.24) is 20.0 Å². The molecular formula is C23H38IN5O4. The summed E-state index contributed by atoms with van der Waals surface area (Å²) >= 11 is 0. The molecule has 1 aromatic carbocycles. The molecule has 0 radical (unpaired) electrons. The smallest absolute Gasteiger partial charge is 0.236 e. The monoisotopic (exact) mass is 575 g/mol. The molecule has 3 rings (SSSR count). The van der Waals surface area contributed by atoms with Gasteiger partial charge in [-0.05, 0) is 19.3 Å². The highest BCUT2D eigenvalue weighted by Crippen LogP contribution is 2.34. The fraction of sp³-hybridized carbons (Fsp3) is 0.652. The number of piperazine rings is 1. The van der Waals surface area contributed by atoms with Gasteiger partial charge in [0.2, 0.25) is 5.91 Å². The molecule has 0 spiro atoms. The first-order valence-electron chi connectivity index (χ1n) is 11.3. The SMILES string of the molecule is CN=C(NCCc1c(OC)cc(OC)cc1OC)N1CCN(CC(=O)N2CCCC2)CC1.I. The van der Waals surface area contributed by atoms with E-state index in [-0.39, 0.29) is 29.9 Å². The number of hydrogen-bond acceptors (Lipinski definition) is 6. The Morgan fingerprint density at radius 2 is 1.55 bits per heavy atom. The average Bonchev–Trinajstić information content (AvgIpc) is 3.37. The predicted octanol–water partition coefficient (Wildman–Crippen LogP) is 1.69. The van der Waals surface area contributed by atoms with Crippen LogP contribution in [0.25, 0.3) is 0 Å². The summed E-state index contributed by atoms with van der Waals surface area (Å²) < 4.78 is 16.4. The Hall–Kier alpha value is -1.95. The Morgan fingerprint density at radius 3 is 2.06 bits per heavy atom. The number of ether oxygens (including phenoxy) is 3. The number of amides is 1. The van der Waals surface area contributed by atoms with Gasteiger partial charge < -0.3 is 29.3 Å². The van der Waals surface area contributed by atoms with E-state index in [2.05, 4.69) is 20.1 Å². The molecule has 2 fully saturated rings.